The molecule has 0 nitrogen and oxygen atoms in total. The highest BCUT2D eigenvalue weighted by molar-refractivity contribution is 5.86. The average molecular weight is 254 g/mol. The Balaban J connectivity index is 2.24. The number of aryl methyl sites for hydroxylation is 2. The minimum absolute atomic E-state index is 1.21. The number of benzene rings is 2. The Labute approximate surface area is 117 Å². The summed E-state index contributed by atoms with van der Waals surface area (Å²) in [4.78, 5) is 0. The van der Waals surface area contributed by atoms with Crippen molar-refractivity contribution in [3.8, 4) is 0 Å². The number of hydrogen-bond donors (Lipinski definition) is 0. The zero-order valence-electron chi connectivity index (χ0n) is 12.4. The maximum Gasteiger partial charge on any atom is -0.0149 e. The van der Waals surface area contributed by atoms with E-state index in [1.165, 1.54) is 55.7 Å². The number of rotatable bonds is 7. The molecule has 0 saturated carbocycles. The molecule has 2 aromatic carbocycles. The van der Waals surface area contributed by atoms with Crippen LogP contribution in [-0.4, -0.2) is 0 Å². The summed E-state index contributed by atoms with van der Waals surface area (Å²) >= 11 is 0. The molecule has 0 heterocycles. The van der Waals surface area contributed by atoms with Gasteiger partial charge in [-0.3, -0.25) is 0 Å². The fourth-order valence-corrected chi connectivity index (χ4v) is 2.90. The van der Waals surface area contributed by atoms with Crippen molar-refractivity contribution in [2.45, 2.75) is 58.8 Å². The summed E-state index contributed by atoms with van der Waals surface area (Å²) in [5.41, 5.74) is 3.17. The van der Waals surface area contributed by atoms with Crippen molar-refractivity contribution < 1.29 is 0 Å². The highest BCUT2D eigenvalue weighted by Crippen LogP contribution is 2.25. The molecule has 0 aliphatic heterocycles. The molecular formula is C19H26. The minimum Gasteiger partial charge on any atom is -0.0654 e. The molecule has 0 saturated heterocycles. The van der Waals surface area contributed by atoms with Gasteiger partial charge in [0.05, 0.1) is 0 Å². The summed E-state index contributed by atoms with van der Waals surface area (Å²) in [6.45, 7) is 4.56. The lowest BCUT2D eigenvalue weighted by Crippen LogP contribution is -1.96. The summed E-state index contributed by atoms with van der Waals surface area (Å²) in [6, 6.07) is 13.5. The fourth-order valence-electron chi connectivity index (χ4n) is 2.90. The van der Waals surface area contributed by atoms with Gasteiger partial charge in [0.2, 0.25) is 0 Å². The van der Waals surface area contributed by atoms with Crippen LogP contribution in [0.1, 0.15) is 57.1 Å². The monoisotopic (exact) mass is 254 g/mol. The molecule has 0 heteroatoms. The van der Waals surface area contributed by atoms with Crippen LogP contribution in [-0.2, 0) is 12.8 Å². The van der Waals surface area contributed by atoms with Crippen LogP contribution in [0.2, 0.25) is 0 Å². The summed E-state index contributed by atoms with van der Waals surface area (Å²) < 4.78 is 0. The maximum absolute atomic E-state index is 2.36. The Hall–Kier alpha value is -1.30. The van der Waals surface area contributed by atoms with E-state index in [2.05, 4.69) is 50.2 Å². The number of fused-ring (bicyclic) bond motifs is 1. The molecule has 0 aromatic heterocycles. The van der Waals surface area contributed by atoms with Gasteiger partial charge >= 0.3 is 0 Å². The normalized spacial score (nSPS) is 11.1. The third-order valence-corrected chi connectivity index (χ3v) is 3.94. The molecule has 2 rings (SSSR count). The van der Waals surface area contributed by atoms with Crippen molar-refractivity contribution in [2.75, 3.05) is 0 Å². The second kappa shape index (κ2) is 7.33. The van der Waals surface area contributed by atoms with Crippen LogP contribution >= 0.6 is 0 Å². The lowest BCUT2D eigenvalue weighted by Gasteiger charge is -2.12. The molecule has 0 fully saturated rings. The molecule has 0 atom stereocenters. The molecule has 0 radical (unpaired) electrons. The van der Waals surface area contributed by atoms with E-state index in [-0.39, 0.29) is 0 Å². The zero-order chi connectivity index (χ0) is 13.5. The molecule has 2 aromatic rings. The van der Waals surface area contributed by atoms with Gasteiger partial charge in [-0.2, -0.15) is 0 Å². The molecule has 0 amide bonds. The van der Waals surface area contributed by atoms with Gasteiger partial charge in [0.1, 0.15) is 0 Å². The Morgan fingerprint density at radius 1 is 0.737 bits per heavy atom. The molecule has 19 heavy (non-hydrogen) atoms. The van der Waals surface area contributed by atoms with E-state index in [0.717, 1.165) is 0 Å². The smallest absolute Gasteiger partial charge is 0.0149 e. The second-order valence-electron chi connectivity index (χ2n) is 5.49. The van der Waals surface area contributed by atoms with E-state index < -0.39 is 0 Å². The lowest BCUT2D eigenvalue weighted by atomic mass is 9.93. The first-order valence-electron chi connectivity index (χ1n) is 7.86. The summed E-state index contributed by atoms with van der Waals surface area (Å²) in [5.74, 6) is 0. The van der Waals surface area contributed by atoms with Crippen LogP contribution in [0.3, 0.4) is 0 Å². The summed E-state index contributed by atoms with van der Waals surface area (Å²) in [7, 11) is 0. The highest BCUT2D eigenvalue weighted by atomic mass is 14.1. The molecule has 0 N–H and O–H groups in total. The van der Waals surface area contributed by atoms with Crippen LogP contribution in [0.4, 0.5) is 0 Å². The predicted molar refractivity (Wildman–Crippen MR) is 85.8 cm³/mol. The van der Waals surface area contributed by atoms with Crippen molar-refractivity contribution in [2.24, 2.45) is 0 Å². The number of hydrogen-bond acceptors (Lipinski definition) is 0. The summed E-state index contributed by atoms with van der Waals surface area (Å²) in [5, 5.41) is 2.86. The Bertz CT molecular complexity index is 510. The van der Waals surface area contributed by atoms with Gasteiger partial charge in [0, 0.05) is 0 Å². The van der Waals surface area contributed by atoms with Crippen molar-refractivity contribution in [1.29, 1.82) is 0 Å². The fraction of sp³-hybridized carbons (Fsp3) is 0.474. The Kier molecular flexibility index (Phi) is 5.44. The molecule has 0 aliphatic rings. The quantitative estimate of drug-likeness (QED) is 0.538. The van der Waals surface area contributed by atoms with Crippen molar-refractivity contribution in [3.63, 3.8) is 0 Å². The average Bonchev–Trinajstić information content (AvgIpc) is 2.45. The molecule has 0 aliphatic carbocycles. The van der Waals surface area contributed by atoms with Crippen LogP contribution < -0.4 is 0 Å². The first kappa shape index (κ1) is 14.1. The minimum atomic E-state index is 1.21. The zero-order valence-corrected chi connectivity index (χ0v) is 12.4. The maximum atomic E-state index is 2.36. The Morgan fingerprint density at radius 3 is 2.37 bits per heavy atom. The molecule has 0 spiro atoms. The van der Waals surface area contributed by atoms with Gasteiger partial charge < -0.3 is 0 Å². The molecule has 102 valence electrons. The first-order chi connectivity index (χ1) is 9.36. The van der Waals surface area contributed by atoms with E-state index in [0.29, 0.717) is 0 Å². The van der Waals surface area contributed by atoms with E-state index in [1.807, 2.05) is 0 Å². The van der Waals surface area contributed by atoms with Crippen LogP contribution in [0, 0.1) is 0 Å². The molecule has 0 bridgehead atoms. The van der Waals surface area contributed by atoms with Gasteiger partial charge in [0.15, 0.2) is 0 Å². The Morgan fingerprint density at radius 2 is 1.58 bits per heavy atom. The van der Waals surface area contributed by atoms with Crippen molar-refractivity contribution in [3.05, 3.63) is 47.5 Å². The third-order valence-electron chi connectivity index (χ3n) is 3.94. The highest BCUT2D eigenvalue weighted by Gasteiger charge is 2.06. The first-order valence-corrected chi connectivity index (χ1v) is 7.86. The molecule has 0 unspecified atom stereocenters. The SMILES string of the molecule is CCCCCCc1ccc2ccccc2c1CCC. The van der Waals surface area contributed by atoms with Gasteiger partial charge in [-0.15, -0.1) is 0 Å². The lowest BCUT2D eigenvalue weighted by molar-refractivity contribution is 0.664. The van der Waals surface area contributed by atoms with Gasteiger partial charge in [0.25, 0.3) is 0 Å². The summed E-state index contributed by atoms with van der Waals surface area (Å²) in [6.07, 6.45) is 9.09. The number of unbranched alkanes of at least 4 members (excludes halogenated alkanes) is 3. The largest absolute Gasteiger partial charge is 0.0654 e. The van der Waals surface area contributed by atoms with Gasteiger partial charge in [-0.25, -0.2) is 0 Å². The third kappa shape index (κ3) is 3.59. The topological polar surface area (TPSA) is 0 Å². The van der Waals surface area contributed by atoms with Gasteiger partial charge in [-0.05, 0) is 41.2 Å². The van der Waals surface area contributed by atoms with Crippen molar-refractivity contribution >= 4 is 10.8 Å². The second-order valence-corrected chi connectivity index (χ2v) is 5.49. The van der Waals surface area contributed by atoms with E-state index in [9.17, 15) is 0 Å². The predicted octanol–water partition coefficient (Wildman–Crippen LogP) is 5.92. The van der Waals surface area contributed by atoms with Crippen LogP contribution in [0.15, 0.2) is 36.4 Å². The van der Waals surface area contributed by atoms with Crippen molar-refractivity contribution in [1.82, 2.24) is 0 Å². The van der Waals surface area contributed by atoms with Gasteiger partial charge in [-0.1, -0.05) is 75.9 Å². The molecular weight excluding hydrogens is 228 g/mol. The van der Waals surface area contributed by atoms with E-state index in [4.69, 9.17) is 0 Å². The van der Waals surface area contributed by atoms with Crippen LogP contribution in [0.25, 0.3) is 10.8 Å². The standard InChI is InChI=1S/C19H26/c1-3-5-6-7-11-16-14-15-17-12-8-9-13-19(17)18(16)10-4-2/h8-9,12-15H,3-7,10-11H2,1-2H3. The van der Waals surface area contributed by atoms with Crippen LogP contribution in [0.5, 0.6) is 0 Å². The van der Waals surface area contributed by atoms with E-state index in [1.54, 1.807) is 11.1 Å². The van der Waals surface area contributed by atoms with E-state index >= 15 is 0 Å².